The Labute approximate surface area is 86.6 Å². The molecule has 0 aliphatic carbocycles. The second kappa shape index (κ2) is 3.80. The van der Waals surface area contributed by atoms with E-state index in [1.54, 1.807) is 0 Å². The molecule has 14 heavy (non-hydrogen) atoms. The van der Waals surface area contributed by atoms with Crippen molar-refractivity contribution in [2.24, 2.45) is 5.73 Å². The predicted octanol–water partition coefficient (Wildman–Crippen LogP) is 0.977. The molecule has 0 aromatic rings. The molecule has 2 N–H and O–H groups in total. The minimum absolute atomic E-state index is 0.144. The lowest BCUT2D eigenvalue weighted by Crippen LogP contribution is -2.46. The standard InChI is InChI=1S/C11H22N2O/c1-9(2)13-5-3-11(4-6-13)7-10(12)8-14-11/h9-10H,3-8,12H2,1-2H3. The Morgan fingerprint density at radius 2 is 2.00 bits per heavy atom. The molecule has 2 aliphatic heterocycles. The number of rotatable bonds is 1. The molecule has 0 saturated carbocycles. The molecule has 0 amide bonds. The summed E-state index contributed by atoms with van der Waals surface area (Å²) in [5.74, 6) is 0. The number of nitrogens with zero attached hydrogens (tertiary/aromatic N) is 1. The average molecular weight is 198 g/mol. The van der Waals surface area contributed by atoms with E-state index >= 15 is 0 Å². The van der Waals surface area contributed by atoms with E-state index in [-0.39, 0.29) is 11.6 Å². The molecular weight excluding hydrogens is 176 g/mol. The molecule has 0 aromatic carbocycles. The largest absolute Gasteiger partial charge is 0.373 e. The van der Waals surface area contributed by atoms with Gasteiger partial charge in [-0.15, -0.1) is 0 Å². The molecule has 0 radical (unpaired) electrons. The van der Waals surface area contributed by atoms with Crippen LogP contribution >= 0.6 is 0 Å². The third-order valence-corrected chi connectivity index (χ3v) is 3.68. The molecular formula is C11H22N2O. The first-order valence-electron chi connectivity index (χ1n) is 5.75. The summed E-state index contributed by atoms with van der Waals surface area (Å²) in [5, 5.41) is 0. The van der Waals surface area contributed by atoms with Gasteiger partial charge in [0.15, 0.2) is 0 Å². The summed E-state index contributed by atoms with van der Waals surface area (Å²) in [5.41, 5.74) is 6.04. The lowest BCUT2D eigenvalue weighted by molar-refractivity contribution is -0.0483. The summed E-state index contributed by atoms with van der Waals surface area (Å²) >= 11 is 0. The van der Waals surface area contributed by atoms with Crippen LogP contribution in [-0.4, -0.2) is 42.3 Å². The smallest absolute Gasteiger partial charge is 0.0723 e. The molecule has 1 spiro atoms. The van der Waals surface area contributed by atoms with Gasteiger partial charge in [0.25, 0.3) is 0 Å². The first-order valence-corrected chi connectivity index (χ1v) is 5.75. The number of likely N-dealkylation sites (tertiary alicyclic amines) is 1. The van der Waals surface area contributed by atoms with Crippen LogP contribution in [0, 0.1) is 0 Å². The second-order valence-corrected chi connectivity index (χ2v) is 5.09. The Bertz CT molecular complexity index is 197. The Balaban J connectivity index is 1.89. The van der Waals surface area contributed by atoms with E-state index in [9.17, 15) is 0 Å². The van der Waals surface area contributed by atoms with E-state index in [1.807, 2.05) is 0 Å². The number of ether oxygens (including phenoxy) is 1. The van der Waals surface area contributed by atoms with Gasteiger partial charge in [-0.3, -0.25) is 0 Å². The molecule has 2 rings (SSSR count). The van der Waals surface area contributed by atoms with Crippen molar-refractivity contribution in [3.05, 3.63) is 0 Å². The van der Waals surface area contributed by atoms with Gasteiger partial charge in [0.1, 0.15) is 0 Å². The molecule has 3 nitrogen and oxygen atoms in total. The molecule has 0 bridgehead atoms. The molecule has 1 atom stereocenters. The number of nitrogens with two attached hydrogens (primary N) is 1. The topological polar surface area (TPSA) is 38.5 Å². The fraction of sp³-hybridized carbons (Fsp3) is 1.00. The van der Waals surface area contributed by atoms with Crippen molar-refractivity contribution in [2.45, 2.75) is 50.8 Å². The zero-order valence-corrected chi connectivity index (χ0v) is 9.33. The Kier molecular flexibility index (Phi) is 2.82. The Morgan fingerprint density at radius 1 is 1.36 bits per heavy atom. The van der Waals surface area contributed by atoms with Crippen molar-refractivity contribution in [1.29, 1.82) is 0 Å². The number of piperidine rings is 1. The minimum Gasteiger partial charge on any atom is -0.373 e. The highest BCUT2D eigenvalue weighted by Gasteiger charge is 2.41. The summed E-state index contributed by atoms with van der Waals surface area (Å²) in [6.45, 7) is 7.63. The summed E-state index contributed by atoms with van der Waals surface area (Å²) < 4.78 is 5.87. The molecule has 82 valence electrons. The maximum absolute atomic E-state index is 5.90. The maximum Gasteiger partial charge on any atom is 0.0723 e. The van der Waals surface area contributed by atoms with Crippen LogP contribution in [0.1, 0.15) is 33.1 Å². The van der Waals surface area contributed by atoms with Crippen molar-refractivity contribution < 1.29 is 4.74 Å². The summed E-state index contributed by atoms with van der Waals surface area (Å²) in [6.07, 6.45) is 3.40. The van der Waals surface area contributed by atoms with E-state index in [2.05, 4.69) is 18.7 Å². The van der Waals surface area contributed by atoms with Gasteiger partial charge in [-0.2, -0.15) is 0 Å². The molecule has 2 heterocycles. The Hall–Kier alpha value is -0.120. The van der Waals surface area contributed by atoms with E-state index < -0.39 is 0 Å². The summed E-state index contributed by atoms with van der Waals surface area (Å²) in [6, 6.07) is 0.947. The Morgan fingerprint density at radius 3 is 2.43 bits per heavy atom. The van der Waals surface area contributed by atoms with Crippen molar-refractivity contribution in [2.75, 3.05) is 19.7 Å². The molecule has 2 aliphatic rings. The summed E-state index contributed by atoms with van der Waals surface area (Å²) in [7, 11) is 0. The first-order chi connectivity index (χ1) is 6.61. The van der Waals surface area contributed by atoms with E-state index in [0.29, 0.717) is 6.04 Å². The molecule has 0 aromatic heterocycles. The molecule has 1 unspecified atom stereocenters. The maximum atomic E-state index is 5.90. The molecule has 2 saturated heterocycles. The van der Waals surface area contributed by atoms with E-state index in [1.165, 1.54) is 25.9 Å². The van der Waals surface area contributed by atoms with Gasteiger partial charge in [0.2, 0.25) is 0 Å². The van der Waals surface area contributed by atoms with Crippen LogP contribution in [0.5, 0.6) is 0 Å². The monoisotopic (exact) mass is 198 g/mol. The van der Waals surface area contributed by atoms with Crippen molar-refractivity contribution >= 4 is 0 Å². The predicted molar refractivity (Wildman–Crippen MR) is 57.2 cm³/mol. The quantitative estimate of drug-likeness (QED) is 0.682. The highest BCUT2D eigenvalue weighted by Crippen LogP contribution is 2.35. The van der Waals surface area contributed by atoms with Crippen molar-refractivity contribution in [3.8, 4) is 0 Å². The van der Waals surface area contributed by atoms with Gasteiger partial charge >= 0.3 is 0 Å². The third-order valence-electron chi connectivity index (χ3n) is 3.68. The van der Waals surface area contributed by atoms with Crippen LogP contribution in [0.25, 0.3) is 0 Å². The zero-order valence-electron chi connectivity index (χ0n) is 9.33. The van der Waals surface area contributed by atoms with Crippen LogP contribution in [0.2, 0.25) is 0 Å². The molecule has 2 fully saturated rings. The second-order valence-electron chi connectivity index (χ2n) is 5.09. The number of hydrogen-bond acceptors (Lipinski definition) is 3. The number of hydrogen-bond donors (Lipinski definition) is 1. The van der Waals surface area contributed by atoms with Gasteiger partial charge in [-0.05, 0) is 33.1 Å². The van der Waals surface area contributed by atoms with Gasteiger partial charge in [-0.25, -0.2) is 0 Å². The SMILES string of the molecule is CC(C)N1CCC2(CC1)CC(N)CO2. The lowest BCUT2D eigenvalue weighted by atomic mass is 9.87. The summed E-state index contributed by atoms with van der Waals surface area (Å²) in [4.78, 5) is 2.53. The molecule has 3 heteroatoms. The first kappa shape index (κ1) is 10.4. The average Bonchev–Trinajstić information content (AvgIpc) is 2.48. The van der Waals surface area contributed by atoms with E-state index in [0.717, 1.165) is 13.0 Å². The fourth-order valence-corrected chi connectivity index (χ4v) is 2.68. The van der Waals surface area contributed by atoms with Crippen LogP contribution < -0.4 is 5.73 Å². The van der Waals surface area contributed by atoms with Gasteiger partial charge in [-0.1, -0.05) is 0 Å². The fourth-order valence-electron chi connectivity index (χ4n) is 2.68. The van der Waals surface area contributed by atoms with E-state index in [4.69, 9.17) is 10.5 Å². The third kappa shape index (κ3) is 1.95. The highest BCUT2D eigenvalue weighted by atomic mass is 16.5. The van der Waals surface area contributed by atoms with Gasteiger partial charge in [0.05, 0.1) is 12.2 Å². The highest BCUT2D eigenvalue weighted by molar-refractivity contribution is 4.95. The minimum atomic E-state index is 0.144. The zero-order chi connectivity index (χ0) is 10.2. The van der Waals surface area contributed by atoms with Crippen LogP contribution in [0.15, 0.2) is 0 Å². The van der Waals surface area contributed by atoms with Crippen LogP contribution in [-0.2, 0) is 4.74 Å². The van der Waals surface area contributed by atoms with Crippen molar-refractivity contribution in [1.82, 2.24) is 4.90 Å². The lowest BCUT2D eigenvalue weighted by Gasteiger charge is -2.40. The normalized spacial score (nSPS) is 33.0. The van der Waals surface area contributed by atoms with Crippen LogP contribution in [0.4, 0.5) is 0 Å². The van der Waals surface area contributed by atoms with Crippen LogP contribution in [0.3, 0.4) is 0 Å². The van der Waals surface area contributed by atoms with Crippen molar-refractivity contribution in [3.63, 3.8) is 0 Å². The van der Waals surface area contributed by atoms with Gasteiger partial charge in [0, 0.05) is 25.2 Å². The van der Waals surface area contributed by atoms with Gasteiger partial charge < -0.3 is 15.4 Å².